The molecule has 0 spiro atoms. The van der Waals surface area contributed by atoms with Crippen molar-refractivity contribution in [2.45, 2.75) is 12.8 Å². The van der Waals surface area contributed by atoms with Crippen molar-refractivity contribution in [1.82, 2.24) is 4.98 Å². The summed E-state index contributed by atoms with van der Waals surface area (Å²) < 4.78 is 5.30. The van der Waals surface area contributed by atoms with Gasteiger partial charge in [0.1, 0.15) is 5.92 Å². The van der Waals surface area contributed by atoms with E-state index in [1.807, 2.05) is 42.5 Å². The molecule has 0 saturated heterocycles. The second-order valence-corrected chi connectivity index (χ2v) is 6.46. The first kappa shape index (κ1) is 16.7. The lowest BCUT2D eigenvalue weighted by Crippen LogP contribution is -2.18. The zero-order valence-electron chi connectivity index (χ0n) is 13.1. The number of hydrogen-bond acceptors (Lipinski definition) is 4. The highest BCUT2D eigenvalue weighted by Crippen LogP contribution is 2.36. The average molecular weight is 358 g/mol. The van der Waals surface area contributed by atoms with Crippen LogP contribution >= 0.6 is 22.9 Å². The van der Waals surface area contributed by atoms with E-state index in [1.165, 1.54) is 11.3 Å². The van der Waals surface area contributed by atoms with E-state index in [1.54, 1.807) is 24.6 Å². The zero-order chi connectivity index (χ0) is 16.9. The molecule has 24 heavy (non-hydrogen) atoms. The largest absolute Gasteiger partial charge is 0.465 e. The number of ether oxygens (including phenoxy) is 1. The number of rotatable bonds is 5. The molecule has 1 aromatic heterocycles. The van der Waals surface area contributed by atoms with Gasteiger partial charge in [-0.05, 0) is 30.2 Å². The Hall–Kier alpha value is -2.17. The maximum atomic E-state index is 12.6. The van der Waals surface area contributed by atoms with E-state index in [0.29, 0.717) is 17.3 Å². The smallest absolute Gasteiger partial charge is 0.319 e. The summed E-state index contributed by atoms with van der Waals surface area (Å²) in [6.07, 6.45) is 0. The molecule has 122 valence electrons. The van der Waals surface area contributed by atoms with Gasteiger partial charge in [0, 0.05) is 5.02 Å². The van der Waals surface area contributed by atoms with Crippen LogP contribution in [0.15, 0.2) is 60.1 Å². The van der Waals surface area contributed by atoms with Crippen molar-refractivity contribution in [3.05, 3.63) is 76.4 Å². The van der Waals surface area contributed by atoms with Crippen LogP contribution in [0.4, 0.5) is 0 Å². The van der Waals surface area contributed by atoms with Crippen molar-refractivity contribution in [1.29, 1.82) is 0 Å². The molecule has 0 aliphatic carbocycles. The fraction of sp³-hybridized carbons (Fsp3) is 0.158. The van der Waals surface area contributed by atoms with Gasteiger partial charge in [0.15, 0.2) is 0 Å². The van der Waals surface area contributed by atoms with Crippen LogP contribution in [0.5, 0.6) is 0 Å². The number of benzene rings is 2. The number of hydrogen-bond donors (Lipinski definition) is 0. The Kier molecular flexibility index (Phi) is 5.28. The third-order valence-electron chi connectivity index (χ3n) is 3.63. The fourth-order valence-corrected chi connectivity index (χ4v) is 3.51. The van der Waals surface area contributed by atoms with Gasteiger partial charge in [-0.1, -0.05) is 54.1 Å². The fourth-order valence-electron chi connectivity index (χ4n) is 2.55. The maximum Gasteiger partial charge on any atom is 0.319 e. The van der Waals surface area contributed by atoms with E-state index in [0.717, 1.165) is 16.0 Å². The summed E-state index contributed by atoms with van der Waals surface area (Å²) in [7, 11) is 0. The van der Waals surface area contributed by atoms with Gasteiger partial charge in [0.25, 0.3) is 0 Å². The first-order valence-electron chi connectivity index (χ1n) is 7.61. The van der Waals surface area contributed by atoms with Crippen molar-refractivity contribution in [2.75, 3.05) is 6.61 Å². The second-order valence-electron chi connectivity index (χ2n) is 5.17. The Labute approximate surface area is 149 Å². The van der Waals surface area contributed by atoms with Crippen molar-refractivity contribution in [3.63, 3.8) is 0 Å². The number of esters is 1. The van der Waals surface area contributed by atoms with Crippen molar-refractivity contribution in [3.8, 4) is 10.4 Å². The highest BCUT2D eigenvalue weighted by atomic mass is 35.5. The molecule has 0 saturated carbocycles. The van der Waals surface area contributed by atoms with Crippen molar-refractivity contribution in [2.24, 2.45) is 0 Å². The minimum absolute atomic E-state index is 0.303. The molecule has 5 heteroatoms. The molecular formula is C19H16ClNO2S. The van der Waals surface area contributed by atoms with Gasteiger partial charge in [-0.25, -0.2) is 4.98 Å². The van der Waals surface area contributed by atoms with Crippen LogP contribution < -0.4 is 0 Å². The van der Waals surface area contributed by atoms with Gasteiger partial charge in [-0.3, -0.25) is 4.79 Å². The van der Waals surface area contributed by atoms with Gasteiger partial charge in [0.05, 0.1) is 22.7 Å². The number of aromatic nitrogens is 1. The van der Waals surface area contributed by atoms with Crippen LogP contribution in [0.2, 0.25) is 5.02 Å². The topological polar surface area (TPSA) is 39.2 Å². The molecule has 1 unspecified atom stereocenters. The lowest BCUT2D eigenvalue weighted by atomic mass is 9.93. The highest BCUT2D eigenvalue weighted by Gasteiger charge is 2.29. The summed E-state index contributed by atoms with van der Waals surface area (Å²) in [5.41, 5.74) is 4.34. The minimum atomic E-state index is -0.566. The molecule has 0 aliphatic rings. The standard InChI is InChI=1S/C19H16ClNO2S/c1-2-23-19(22)16(13-8-10-15(20)11-9-13)17-18(24-12-21-17)14-6-4-3-5-7-14/h3-12,16H,2H2,1H3. The lowest BCUT2D eigenvalue weighted by molar-refractivity contribution is -0.143. The predicted molar refractivity (Wildman–Crippen MR) is 97.5 cm³/mol. The summed E-state index contributed by atoms with van der Waals surface area (Å²) in [5.74, 6) is -0.869. The number of thiazole rings is 1. The number of carbonyl (C=O) groups excluding carboxylic acids is 1. The molecule has 0 aliphatic heterocycles. The predicted octanol–water partition coefficient (Wildman–Crippen LogP) is 5.16. The minimum Gasteiger partial charge on any atom is -0.465 e. The molecule has 0 radical (unpaired) electrons. The summed E-state index contributed by atoms with van der Waals surface area (Å²) in [6.45, 7) is 2.13. The molecule has 0 amide bonds. The SMILES string of the molecule is CCOC(=O)C(c1ccc(Cl)cc1)c1ncsc1-c1ccccc1. The lowest BCUT2D eigenvalue weighted by Gasteiger charge is -2.16. The van der Waals surface area contributed by atoms with Gasteiger partial charge in [-0.2, -0.15) is 0 Å². The van der Waals surface area contributed by atoms with Gasteiger partial charge in [0.2, 0.25) is 0 Å². The number of halogens is 1. The van der Waals surface area contributed by atoms with Crippen LogP contribution in [-0.4, -0.2) is 17.6 Å². The van der Waals surface area contributed by atoms with E-state index in [2.05, 4.69) is 4.98 Å². The van der Waals surface area contributed by atoms with Gasteiger partial charge in [-0.15, -0.1) is 11.3 Å². The first-order chi connectivity index (χ1) is 11.7. The molecule has 2 aromatic carbocycles. The Bertz CT molecular complexity index is 815. The van der Waals surface area contributed by atoms with Crippen LogP contribution in [0.25, 0.3) is 10.4 Å². The molecule has 0 N–H and O–H groups in total. The Balaban J connectivity index is 2.09. The van der Waals surface area contributed by atoms with Crippen LogP contribution in [-0.2, 0) is 9.53 Å². The number of carbonyl (C=O) groups is 1. The van der Waals surface area contributed by atoms with Crippen LogP contribution in [0.3, 0.4) is 0 Å². The second kappa shape index (κ2) is 7.60. The first-order valence-corrected chi connectivity index (χ1v) is 8.87. The van der Waals surface area contributed by atoms with Crippen molar-refractivity contribution < 1.29 is 9.53 Å². The molecule has 3 nitrogen and oxygen atoms in total. The molecule has 0 bridgehead atoms. The number of nitrogens with zero attached hydrogens (tertiary/aromatic N) is 1. The summed E-state index contributed by atoms with van der Waals surface area (Å²) in [6, 6.07) is 17.2. The van der Waals surface area contributed by atoms with Crippen LogP contribution in [0, 0.1) is 0 Å². The van der Waals surface area contributed by atoms with Crippen molar-refractivity contribution >= 4 is 28.9 Å². The van der Waals surface area contributed by atoms with E-state index in [-0.39, 0.29) is 5.97 Å². The third-order valence-corrected chi connectivity index (χ3v) is 4.77. The quantitative estimate of drug-likeness (QED) is 0.592. The summed E-state index contributed by atoms with van der Waals surface area (Å²) >= 11 is 7.50. The van der Waals surface area contributed by atoms with E-state index < -0.39 is 5.92 Å². The maximum absolute atomic E-state index is 12.6. The highest BCUT2D eigenvalue weighted by molar-refractivity contribution is 7.13. The molecule has 1 atom stereocenters. The normalized spacial score (nSPS) is 11.9. The monoisotopic (exact) mass is 357 g/mol. The molecule has 3 rings (SSSR count). The zero-order valence-corrected chi connectivity index (χ0v) is 14.7. The Morgan fingerprint density at radius 2 is 1.88 bits per heavy atom. The Morgan fingerprint density at radius 1 is 1.17 bits per heavy atom. The van der Waals surface area contributed by atoms with Crippen LogP contribution in [0.1, 0.15) is 24.1 Å². The molecule has 3 aromatic rings. The molecule has 1 heterocycles. The third kappa shape index (κ3) is 3.50. The summed E-state index contributed by atoms with van der Waals surface area (Å²) in [5, 5.41) is 0.628. The summed E-state index contributed by atoms with van der Waals surface area (Å²) in [4.78, 5) is 18.1. The van der Waals surface area contributed by atoms with Gasteiger partial charge >= 0.3 is 5.97 Å². The molecule has 0 fully saturated rings. The Morgan fingerprint density at radius 3 is 2.54 bits per heavy atom. The molecular weight excluding hydrogens is 342 g/mol. The van der Waals surface area contributed by atoms with E-state index >= 15 is 0 Å². The van der Waals surface area contributed by atoms with E-state index in [9.17, 15) is 4.79 Å². The van der Waals surface area contributed by atoms with Gasteiger partial charge < -0.3 is 4.74 Å². The average Bonchev–Trinajstić information content (AvgIpc) is 3.07. The van der Waals surface area contributed by atoms with E-state index in [4.69, 9.17) is 16.3 Å².